The Balaban J connectivity index is 1.87. The minimum absolute atomic E-state index is 0.232. The second kappa shape index (κ2) is 9.48. The number of ether oxygens (including phenoxy) is 3. The largest absolute Gasteiger partial charge is 0.490 e. The fraction of sp³-hybridized carbons (Fsp3) is 0.524. The Hall–Kier alpha value is -2.70. The van der Waals surface area contributed by atoms with E-state index in [1.807, 2.05) is 31.5 Å². The molecule has 7 nitrogen and oxygen atoms in total. The molecule has 1 saturated carbocycles. The molecule has 0 unspecified atom stereocenters. The van der Waals surface area contributed by atoms with Crippen molar-refractivity contribution in [2.24, 2.45) is 0 Å². The van der Waals surface area contributed by atoms with E-state index >= 15 is 0 Å². The van der Waals surface area contributed by atoms with E-state index in [1.54, 1.807) is 18.3 Å². The van der Waals surface area contributed by atoms with E-state index in [4.69, 9.17) is 14.2 Å². The molecule has 1 heterocycles. The van der Waals surface area contributed by atoms with Gasteiger partial charge in [0.1, 0.15) is 5.82 Å². The number of benzene rings is 1. The second-order valence-corrected chi connectivity index (χ2v) is 6.65. The van der Waals surface area contributed by atoms with Crippen molar-refractivity contribution in [3.63, 3.8) is 0 Å². The lowest BCUT2D eigenvalue weighted by atomic mass is 10.1. The van der Waals surface area contributed by atoms with Crippen LogP contribution in [0.2, 0.25) is 0 Å². The Kier molecular flexibility index (Phi) is 6.79. The summed E-state index contributed by atoms with van der Waals surface area (Å²) < 4.78 is 19.0. The molecule has 1 N–H and O–H groups in total. The van der Waals surface area contributed by atoms with Crippen LogP contribution in [0.4, 0.5) is 5.82 Å². The number of carbonyl (C=O) groups excluding carboxylic acids is 1. The molecule has 1 aromatic carbocycles. The first kappa shape index (κ1) is 20.0. The zero-order chi connectivity index (χ0) is 19.9. The fourth-order valence-electron chi connectivity index (χ4n) is 3.56. The molecule has 0 bridgehead atoms. The number of nitrogens with one attached hydrogen (secondary N) is 1. The summed E-state index contributed by atoms with van der Waals surface area (Å²) in [6.07, 6.45) is 6.31. The molecule has 152 valence electrons. The van der Waals surface area contributed by atoms with Gasteiger partial charge < -0.3 is 19.5 Å². The fourth-order valence-corrected chi connectivity index (χ4v) is 3.56. The van der Waals surface area contributed by atoms with Crippen molar-refractivity contribution in [2.75, 3.05) is 25.1 Å². The molecule has 1 aliphatic carbocycles. The maximum absolute atomic E-state index is 13.0. The molecule has 0 spiro atoms. The molecule has 1 aliphatic rings. The Morgan fingerprint density at radius 3 is 2.25 bits per heavy atom. The minimum atomic E-state index is -0.232. The van der Waals surface area contributed by atoms with E-state index in [1.165, 1.54) is 12.8 Å². The summed E-state index contributed by atoms with van der Waals surface area (Å²) >= 11 is 0. The maximum atomic E-state index is 13.0. The van der Waals surface area contributed by atoms with E-state index in [2.05, 4.69) is 10.4 Å². The molecule has 3 rings (SSSR count). The molecular formula is C21H29N3O4. The van der Waals surface area contributed by atoms with E-state index < -0.39 is 0 Å². The number of hydrogen-bond acceptors (Lipinski definition) is 5. The zero-order valence-electron chi connectivity index (χ0n) is 16.9. The van der Waals surface area contributed by atoms with Gasteiger partial charge in [-0.25, -0.2) is 4.68 Å². The van der Waals surface area contributed by atoms with E-state index in [-0.39, 0.29) is 5.91 Å². The molecule has 7 heteroatoms. The number of nitrogens with zero attached hydrogens (tertiary/aromatic N) is 2. The van der Waals surface area contributed by atoms with Crippen molar-refractivity contribution in [1.82, 2.24) is 9.78 Å². The van der Waals surface area contributed by atoms with E-state index in [9.17, 15) is 4.79 Å². The first-order valence-corrected chi connectivity index (χ1v) is 10.1. The molecule has 2 aromatic rings. The number of aromatic nitrogens is 2. The van der Waals surface area contributed by atoms with Crippen molar-refractivity contribution < 1.29 is 19.0 Å². The van der Waals surface area contributed by atoms with Gasteiger partial charge in [-0.05, 0) is 45.7 Å². The molecule has 0 radical (unpaired) electrons. The molecule has 1 fully saturated rings. The number of hydrogen-bond donors (Lipinski definition) is 1. The highest BCUT2D eigenvalue weighted by Crippen LogP contribution is 2.39. The monoisotopic (exact) mass is 387 g/mol. The number of carbonyl (C=O) groups is 1. The van der Waals surface area contributed by atoms with Crippen LogP contribution in [0.15, 0.2) is 24.4 Å². The number of anilines is 1. The normalized spacial score (nSPS) is 14.1. The molecule has 28 heavy (non-hydrogen) atoms. The lowest BCUT2D eigenvalue weighted by molar-refractivity contribution is 0.102. The van der Waals surface area contributed by atoms with Gasteiger partial charge >= 0.3 is 0 Å². The lowest BCUT2D eigenvalue weighted by Gasteiger charge is -2.18. The third kappa shape index (κ3) is 4.40. The van der Waals surface area contributed by atoms with Gasteiger partial charge in [-0.15, -0.1) is 0 Å². The second-order valence-electron chi connectivity index (χ2n) is 6.65. The van der Waals surface area contributed by atoms with Gasteiger partial charge in [0.05, 0.1) is 32.1 Å². The van der Waals surface area contributed by atoms with Crippen LogP contribution in [0.25, 0.3) is 0 Å². The molecule has 0 saturated heterocycles. The Morgan fingerprint density at radius 1 is 1.07 bits per heavy atom. The Labute approximate surface area is 166 Å². The van der Waals surface area contributed by atoms with E-state index in [0.29, 0.717) is 54.5 Å². The summed E-state index contributed by atoms with van der Waals surface area (Å²) in [5.41, 5.74) is 0.453. The van der Waals surface area contributed by atoms with Gasteiger partial charge in [-0.1, -0.05) is 12.8 Å². The average molecular weight is 387 g/mol. The highest BCUT2D eigenvalue weighted by molar-refractivity contribution is 6.04. The van der Waals surface area contributed by atoms with Crippen LogP contribution in [0.3, 0.4) is 0 Å². The van der Waals surface area contributed by atoms with Crippen LogP contribution >= 0.6 is 0 Å². The Morgan fingerprint density at radius 2 is 1.68 bits per heavy atom. The first-order chi connectivity index (χ1) is 13.7. The lowest BCUT2D eigenvalue weighted by Crippen LogP contribution is -2.18. The van der Waals surface area contributed by atoms with Crippen molar-refractivity contribution in [3.8, 4) is 17.2 Å². The minimum Gasteiger partial charge on any atom is -0.490 e. The van der Waals surface area contributed by atoms with Crippen molar-refractivity contribution in [3.05, 3.63) is 30.0 Å². The quantitative estimate of drug-likeness (QED) is 0.688. The third-order valence-electron chi connectivity index (χ3n) is 4.75. The van der Waals surface area contributed by atoms with Gasteiger partial charge in [0, 0.05) is 11.6 Å². The van der Waals surface area contributed by atoms with Crippen molar-refractivity contribution in [2.45, 2.75) is 52.5 Å². The average Bonchev–Trinajstić information content (AvgIpc) is 3.36. The maximum Gasteiger partial charge on any atom is 0.257 e. The molecule has 0 atom stereocenters. The summed E-state index contributed by atoms with van der Waals surface area (Å²) in [7, 11) is 0. The van der Waals surface area contributed by atoms with Gasteiger partial charge in [0.25, 0.3) is 5.91 Å². The van der Waals surface area contributed by atoms with Gasteiger partial charge in [0.15, 0.2) is 11.5 Å². The van der Waals surface area contributed by atoms with Gasteiger partial charge in [-0.2, -0.15) is 5.10 Å². The topological polar surface area (TPSA) is 74.6 Å². The Bertz CT molecular complexity index is 770. The smallest absolute Gasteiger partial charge is 0.257 e. The van der Waals surface area contributed by atoms with Crippen molar-refractivity contribution in [1.29, 1.82) is 0 Å². The summed E-state index contributed by atoms with van der Waals surface area (Å²) in [5.74, 6) is 2.01. The van der Waals surface area contributed by atoms with Crippen LogP contribution < -0.4 is 19.5 Å². The van der Waals surface area contributed by atoms with Gasteiger partial charge in [-0.3, -0.25) is 4.79 Å². The molecule has 1 aromatic heterocycles. The number of rotatable bonds is 9. The van der Waals surface area contributed by atoms with Crippen LogP contribution in [0.1, 0.15) is 62.9 Å². The third-order valence-corrected chi connectivity index (χ3v) is 4.75. The molecule has 0 aliphatic heterocycles. The standard InChI is InChI=1S/C21H29N3O4/c1-4-26-17-13-15(14-18(27-5-2)20(17)28-6-3)21(25)23-19-11-12-22-24(19)16-9-7-8-10-16/h11-14,16H,4-10H2,1-3H3,(H,23,25). The predicted octanol–water partition coefficient (Wildman–Crippen LogP) is 4.45. The summed E-state index contributed by atoms with van der Waals surface area (Å²) in [5, 5.41) is 7.39. The van der Waals surface area contributed by atoms with Crippen molar-refractivity contribution >= 4 is 11.7 Å². The zero-order valence-corrected chi connectivity index (χ0v) is 16.9. The molecular weight excluding hydrogens is 358 g/mol. The van der Waals surface area contributed by atoms with Crippen LogP contribution in [-0.4, -0.2) is 35.5 Å². The number of amides is 1. The summed E-state index contributed by atoms with van der Waals surface area (Å²) in [6.45, 7) is 7.09. The van der Waals surface area contributed by atoms with Gasteiger partial charge in [0.2, 0.25) is 5.75 Å². The van der Waals surface area contributed by atoms with Crippen LogP contribution in [-0.2, 0) is 0 Å². The SMILES string of the molecule is CCOc1cc(C(=O)Nc2ccnn2C2CCCC2)cc(OCC)c1OCC. The highest BCUT2D eigenvalue weighted by atomic mass is 16.5. The van der Waals surface area contributed by atoms with Crippen LogP contribution in [0.5, 0.6) is 17.2 Å². The summed E-state index contributed by atoms with van der Waals surface area (Å²) in [6, 6.07) is 5.58. The summed E-state index contributed by atoms with van der Waals surface area (Å²) in [4.78, 5) is 13.0. The van der Waals surface area contributed by atoms with E-state index in [0.717, 1.165) is 12.8 Å². The highest BCUT2D eigenvalue weighted by Gasteiger charge is 2.22. The predicted molar refractivity (Wildman–Crippen MR) is 108 cm³/mol. The molecule has 1 amide bonds. The first-order valence-electron chi connectivity index (χ1n) is 10.1. The van der Waals surface area contributed by atoms with Crippen LogP contribution in [0, 0.1) is 0 Å².